The van der Waals surface area contributed by atoms with Gasteiger partial charge in [-0.1, -0.05) is 56.3 Å². The summed E-state index contributed by atoms with van der Waals surface area (Å²) >= 11 is 0. The van der Waals surface area contributed by atoms with Crippen LogP contribution in [-0.2, 0) is 13.0 Å². The minimum atomic E-state index is 0.0153. The van der Waals surface area contributed by atoms with Crippen LogP contribution in [-0.4, -0.2) is 44.5 Å². The number of benzene rings is 2. The quantitative estimate of drug-likeness (QED) is 0.485. The Kier molecular flexibility index (Phi) is 8.90. The first kappa shape index (κ1) is 23.5. The minimum absolute atomic E-state index is 0.0153. The Bertz CT molecular complexity index is 811. The fraction of sp³-hybridized carbons (Fsp3) is 0.440. The van der Waals surface area contributed by atoms with Crippen LogP contribution < -0.4 is 10.6 Å². The number of aryl methyl sites for hydroxylation is 1. The Morgan fingerprint density at radius 2 is 1.63 bits per heavy atom. The number of rotatable bonds is 9. The molecule has 5 heteroatoms. The van der Waals surface area contributed by atoms with Crippen molar-refractivity contribution in [3.05, 3.63) is 71.3 Å². The number of nitrogens with one attached hydrogen (secondary N) is 2. The average Bonchev–Trinajstić information content (AvgIpc) is 2.74. The zero-order valence-electron chi connectivity index (χ0n) is 19.0. The van der Waals surface area contributed by atoms with Crippen molar-refractivity contribution in [2.24, 2.45) is 10.4 Å². The third-order valence-corrected chi connectivity index (χ3v) is 5.19. The predicted molar refractivity (Wildman–Crippen MR) is 126 cm³/mol. The molecule has 0 saturated heterocycles. The lowest BCUT2D eigenvalue weighted by Gasteiger charge is -2.26. The Morgan fingerprint density at radius 1 is 0.967 bits per heavy atom. The van der Waals surface area contributed by atoms with Crippen molar-refractivity contribution in [2.75, 3.05) is 27.7 Å². The molecule has 162 valence electrons. The summed E-state index contributed by atoms with van der Waals surface area (Å²) in [6.45, 7) is 6.10. The molecule has 0 spiro atoms. The average molecular weight is 409 g/mol. The van der Waals surface area contributed by atoms with Crippen LogP contribution in [0.4, 0.5) is 0 Å². The van der Waals surface area contributed by atoms with Crippen LogP contribution in [0.15, 0.2) is 59.6 Å². The van der Waals surface area contributed by atoms with E-state index in [1.807, 2.05) is 24.3 Å². The number of guanidine groups is 1. The Morgan fingerprint density at radius 3 is 2.23 bits per heavy atom. The molecular weight excluding hydrogens is 372 g/mol. The topological polar surface area (TPSA) is 56.7 Å². The summed E-state index contributed by atoms with van der Waals surface area (Å²) in [5.74, 6) is 0.807. The zero-order valence-corrected chi connectivity index (χ0v) is 19.0. The van der Waals surface area contributed by atoms with Crippen molar-refractivity contribution in [3.8, 4) is 0 Å². The third-order valence-electron chi connectivity index (χ3n) is 5.19. The molecule has 2 aromatic rings. The van der Waals surface area contributed by atoms with Crippen LogP contribution in [0, 0.1) is 5.41 Å². The van der Waals surface area contributed by atoms with Gasteiger partial charge in [-0.2, -0.15) is 0 Å². The van der Waals surface area contributed by atoms with E-state index in [0.29, 0.717) is 12.1 Å². The Hall–Kier alpha value is -2.82. The molecule has 0 radical (unpaired) electrons. The molecule has 2 aromatic carbocycles. The van der Waals surface area contributed by atoms with Gasteiger partial charge >= 0.3 is 0 Å². The second-order valence-electron chi connectivity index (χ2n) is 8.68. The van der Waals surface area contributed by atoms with Crippen molar-refractivity contribution in [3.63, 3.8) is 0 Å². The number of hydrogen-bond donors (Lipinski definition) is 2. The fourth-order valence-electron chi connectivity index (χ4n) is 3.26. The summed E-state index contributed by atoms with van der Waals surface area (Å²) in [5.41, 5.74) is 3.39. The first-order chi connectivity index (χ1) is 14.3. The standard InChI is InChI=1S/C25H36N4O/c1-25(2,17-9-12-20-10-7-6-8-11-20)19-28-24(26-3)27-18-21-13-15-22(16-14-21)23(30)29(4)5/h6-8,10-11,13-16H,9,12,17-19H2,1-5H3,(H2,26,27,28). The molecule has 0 aliphatic heterocycles. The smallest absolute Gasteiger partial charge is 0.253 e. The molecule has 0 bridgehead atoms. The van der Waals surface area contributed by atoms with E-state index in [4.69, 9.17) is 0 Å². The highest BCUT2D eigenvalue weighted by molar-refractivity contribution is 5.93. The van der Waals surface area contributed by atoms with Gasteiger partial charge in [-0.05, 0) is 47.9 Å². The van der Waals surface area contributed by atoms with Gasteiger partial charge in [0, 0.05) is 39.8 Å². The molecule has 0 fully saturated rings. The van der Waals surface area contributed by atoms with E-state index >= 15 is 0 Å². The van der Waals surface area contributed by atoms with Crippen LogP contribution >= 0.6 is 0 Å². The van der Waals surface area contributed by atoms with Crippen LogP contribution in [0.2, 0.25) is 0 Å². The molecule has 5 nitrogen and oxygen atoms in total. The molecule has 1 amide bonds. The van der Waals surface area contributed by atoms with Crippen molar-refractivity contribution in [1.82, 2.24) is 15.5 Å². The van der Waals surface area contributed by atoms with E-state index in [1.54, 1.807) is 26.0 Å². The first-order valence-corrected chi connectivity index (χ1v) is 10.6. The molecule has 0 unspecified atom stereocenters. The van der Waals surface area contributed by atoms with Gasteiger partial charge in [-0.3, -0.25) is 9.79 Å². The van der Waals surface area contributed by atoms with E-state index in [1.165, 1.54) is 12.0 Å². The van der Waals surface area contributed by atoms with E-state index < -0.39 is 0 Å². The molecule has 0 saturated carbocycles. The maximum atomic E-state index is 12.0. The zero-order chi connectivity index (χ0) is 22.0. The predicted octanol–water partition coefficient (Wildman–Crippen LogP) is 4.10. The maximum absolute atomic E-state index is 12.0. The lowest BCUT2D eigenvalue weighted by Crippen LogP contribution is -2.41. The van der Waals surface area contributed by atoms with Gasteiger partial charge in [0.25, 0.3) is 5.91 Å². The van der Waals surface area contributed by atoms with E-state index in [0.717, 1.165) is 30.9 Å². The van der Waals surface area contributed by atoms with Crippen LogP contribution in [0.1, 0.15) is 48.2 Å². The second-order valence-corrected chi connectivity index (χ2v) is 8.68. The van der Waals surface area contributed by atoms with E-state index in [-0.39, 0.29) is 11.3 Å². The largest absolute Gasteiger partial charge is 0.356 e. The monoisotopic (exact) mass is 408 g/mol. The molecule has 0 aliphatic rings. The van der Waals surface area contributed by atoms with Gasteiger partial charge < -0.3 is 15.5 Å². The number of nitrogens with zero attached hydrogens (tertiary/aromatic N) is 2. The van der Waals surface area contributed by atoms with Gasteiger partial charge in [0.2, 0.25) is 0 Å². The summed E-state index contributed by atoms with van der Waals surface area (Å²) in [6.07, 6.45) is 3.43. The van der Waals surface area contributed by atoms with Gasteiger partial charge in [-0.15, -0.1) is 0 Å². The summed E-state index contributed by atoms with van der Waals surface area (Å²) in [5, 5.41) is 6.81. The summed E-state index contributed by atoms with van der Waals surface area (Å²) in [7, 11) is 5.31. The molecule has 0 aliphatic carbocycles. The van der Waals surface area contributed by atoms with Gasteiger partial charge in [-0.25, -0.2) is 0 Å². The number of aliphatic imine (C=N–C) groups is 1. The lowest BCUT2D eigenvalue weighted by molar-refractivity contribution is 0.0827. The van der Waals surface area contributed by atoms with Gasteiger partial charge in [0.15, 0.2) is 5.96 Å². The Balaban J connectivity index is 1.76. The number of carbonyl (C=O) groups is 1. The van der Waals surface area contributed by atoms with Crippen molar-refractivity contribution in [1.29, 1.82) is 0 Å². The number of amides is 1. The molecule has 0 aromatic heterocycles. The molecular formula is C25H36N4O. The van der Waals surface area contributed by atoms with Gasteiger partial charge in [0.1, 0.15) is 0 Å². The van der Waals surface area contributed by atoms with Crippen molar-refractivity contribution < 1.29 is 4.79 Å². The maximum Gasteiger partial charge on any atom is 0.253 e. The number of carbonyl (C=O) groups excluding carboxylic acids is 1. The Labute approximate surface area is 181 Å². The highest BCUT2D eigenvalue weighted by atomic mass is 16.2. The van der Waals surface area contributed by atoms with Gasteiger partial charge in [0.05, 0.1) is 0 Å². The fourth-order valence-corrected chi connectivity index (χ4v) is 3.26. The number of hydrogen-bond acceptors (Lipinski definition) is 2. The highest BCUT2D eigenvalue weighted by Crippen LogP contribution is 2.22. The normalized spacial score (nSPS) is 11.8. The lowest BCUT2D eigenvalue weighted by atomic mass is 9.86. The third kappa shape index (κ3) is 7.90. The van der Waals surface area contributed by atoms with Crippen molar-refractivity contribution >= 4 is 11.9 Å². The second kappa shape index (κ2) is 11.4. The van der Waals surface area contributed by atoms with Crippen LogP contribution in [0.5, 0.6) is 0 Å². The SMILES string of the molecule is CN=C(NCc1ccc(C(=O)N(C)C)cc1)NCC(C)(C)CCCc1ccccc1. The highest BCUT2D eigenvalue weighted by Gasteiger charge is 2.18. The van der Waals surface area contributed by atoms with E-state index in [9.17, 15) is 4.79 Å². The van der Waals surface area contributed by atoms with Crippen LogP contribution in [0.25, 0.3) is 0 Å². The first-order valence-electron chi connectivity index (χ1n) is 10.6. The summed E-state index contributed by atoms with van der Waals surface area (Å²) in [4.78, 5) is 17.9. The molecule has 30 heavy (non-hydrogen) atoms. The van der Waals surface area contributed by atoms with Crippen LogP contribution in [0.3, 0.4) is 0 Å². The molecule has 0 heterocycles. The van der Waals surface area contributed by atoms with Crippen molar-refractivity contribution in [2.45, 2.75) is 39.7 Å². The molecule has 0 atom stereocenters. The minimum Gasteiger partial charge on any atom is -0.356 e. The molecule has 2 rings (SSSR count). The van der Waals surface area contributed by atoms with E-state index in [2.05, 4.69) is 59.8 Å². The summed E-state index contributed by atoms with van der Waals surface area (Å²) in [6, 6.07) is 18.3. The molecule has 2 N–H and O–H groups in total. The summed E-state index contributed by atoms with van der Waals surface area (Å²) < 4.78 is 0.